The summed E-state index contributed by atoms with van der Waals surface area (Å²) in [5.74, 6) is 5.32. The van der Waals surface area contributed by atoms with E-state index in [0.717, 1.165) is 10.9 Å². The van der Waals surface area contributed by atoms with Crippen molar-refractivity contribution < 1.29 is 14.3 Å². The molecule has 124 valence electrons. The maximum atomic E-state index is 12.4. The van der Waals surface area contributed by atoms with Gasteiger partial charge in [-0.05, 0) is 30.5 Å². The Morgan fingerprint density at radius 1 is 1.35 bits per heavy atom. The minimum absolute atomic E-state index is 0.236. The maximum Gasteiger partial charge on any atom is 0.268 e. The van der Waals surface area contributed by atoms with Crippen LogP contribution in [0.1, 0.15) is 30.8 Å². The standard InChI is InChI=1S/C16H22N4O3/c1-9(2)7-12(16(22)20-17)19-15(21)13-8-10-11(18-13)5-4-6-14(10)23-3/h4-6,8-9,12,18H,7,17H2,1-3H3,(H,19,21)(H,20,22)/t12-/m0/s1. The van der Waals surface area contributed by atoms with E-state index < -0.39 is 11.9 Å². The number of carbonyl (C=O) groups excluding carboxylic acids is 2. The molecule has 7 heteroatoms. The summed E-state index contributed by atoms with van der Waals surface area (Å²) in [5, 5.41) is 3.52. The lowest BCUT2D eigenvalue weighted by atomic mass is 10.0. The van der Waals surface area contributed by atoms with Gasteiger partial charge in [-0.15, -0.1) is 0 Å². The first-order valence-corrected chi connectivity index (χ1v) is 7.43. The quantitative estimate of drug-likeness (QED) is 0.366. The van der Waals surface area contributed by atoms with E-state index in [2.05, 4.69) is 15.7 Å². The number of amides is 2. The molecule has 0 fully saturated rings. The molecule has 0 unspecified atom stereocenters. The van der Waals surface area contributed by atoms with Gasteiger partial charge in [0.2, 0.25) is 0 Å². The van der Waals surface area contributed by atoms with Gasteiger partial charge in [0.25, 0.3) is 11.8 Å². The molecule has 23 heavy (non-hydrogen) atoms. The van der Waals surface area contributed by atoms with E-state index in [-0.39, 0.29) is 11.8 Å². The number of hydrogen-bond donors (Lipinski definition) is 4. The predicted molar refractivity (Wildman–Crippen MR) is 87.9 cm³/mol. The van der Waals surface area contributed by atoms with Crippen molar-refractivity contribution in [1.82, 2.24) is 15.7 Å². The summed E-state index contributed by atoms with van der Waals surface area (Å²) >= 11 is 0. The summed E-state index contributed by atoms with van der Waals surface area (Å²) in [4.78, 5) is 27.3. The van der Waals surface area contributed by atoms with Crippen LogP contribution in [0.3, 0.4) is 0 Å². The number of nitrogens with two attached hydrogens (primary N) is 1. The number of hydrazine groups is 1. The van der Waals surface area contributed by atoms with Gasteiger partial charge in [0, 0.05) is 10.9 Å². The third kappa shape index (κ3) is 3.81. The van der Waals surface area contributed by atoms with Crippen molar-refractivity contribution >= 4 is 22.7 Å². The average Bonchev–Trinajstić information content (AvgIpc) is 2.97. The molecule has 7 nitrogen and oxygen atoms in total. The molecule has 0 saturated carbocycles. The van der Waals surface area contributed by atoms with Crippen LogP contribution < -0.4 is 21.3 Å². The number of benzene rings is 1. The number of carbonyl (C=O) groups is 2. The van der Waals surface area contributed by atoms with Crippen molar-refractivity contribution in [2.24, 2.45) is 11.8 Å². The van der Waals surface area contributed by atoms with E-state index in [0.29, 0.717) is 17.9 Å². The molecule has 1 aromatic heterocycles. The van der Waals surface area contributed by atoms with Crippen LogP contribution in [0.4, 0.5) is 0 Å². The number of methoxy groups -OCH3 is 1. The largest absolute Gasteiger partial charge is 0.496 e. The molecular formula is C16H22N4O3. The van der Waals surface area contributed by atoms with Gasteiger partial charge in [0.05, 0.1) is 7.11 Å². The summed E-state index contributed by atoms with van der Waals surface area (Å²) in [6.07, 6.45) is 0.498. The highest BCUT2D eigenvalue weighted by molar-refractivity contribution is 6.01. The van der Waals surface area contributed by atoms with Gasteiger partial charge in [-0.2, -0.15) is 0 Å². The minimum Gasteiger partial charge on any atom is -0.496 e. The molecule has 0 aliphatic rings. The van der Waals surface area contributed by atoms with E-state index in [1.165, 1.54) is 0 Å². The van der Waals surface area contributed by atoms with Crippen molar-refractivity contribution in [3.05, 3.63) is 30.0 Å². The van der Waals surface area contributed by atoms with Gasteiger partial charge in [-0.3, -0.25) is 15.0 Å². The zero-order valence-electron chi connectivity index (χ0n) is 13.5. The monoisotopic (exact) mass is 318 g/mol. The van der Waals surface area contributed by atoms with Gasteiger partial charge in [-0.1, -0.05) is 19.9 Å². The molecule has 1 heterocycles. The number of nitrogens with one attached hydrogen (secondary N) is 3. The number of aromatic amines is 1. The molecule has 0 saturated heterocycles. The number of fused-ring (bicyclic) bond motifs is 1. The van der Waals surface area contributed by atoms with E-state index >= 15 is 0 Å². The van der Waals surface area contributed by atoms with E-state index in [1.807, 2.05) is 32.0 Å². The van der Waals surface area contributed by atoms with Gasteiger partial charge in [-0.25, -0.2) is 5.84 Å². The Bertz CT molecular complexity index is 708. The Hall–Kier alpha value is -2.54. The van der Waals surface area contributed by atoms with Crippen molar-refractivity contribution in [2.75, 3.05) is 7.11 Å². The molecule has 1 atom stereocenters. The molecule has 1 aromatic carbocycles. The molecule has 2 rings (SSSR count). The predicted octanol–water partition coefficient (Wildman–Crippen LogP) is 1.31. The fraction of sp³-hybridized carbons (Fsp3) is 0.375. The molecule has 2 amide bonds. The highest BCUT2D eigenvalue weighted by atomic mass is 16.5. The highest BCUT2D eigenvalue weighted by Crippen LogP contribution is 2.26. The average molecular weight is 318 g/mol. The minimum atomic E-state index is -0.680. The summed E-state index contributed by atoms with van der Waals surface area (Å²) in [6, 6.07) is 6.54. The lowest BCUT2D eigenvalue weighted by molar-refractivity contribution is -0.123. The number of H-pyrrole nitrogens is 1. The zero-order valence-corrected chi connectivity index (χ0v) is 13.5. The van der Waals surface area contributed by atoms with Gasteiger partial charge in [0.1, 0.15) is 17.5 Å². The van der Waals surface area contributed by atoms with Crippen LogP contribution in [0.2, 0.25) is 0 Å². The van der Waals surface area contributed by atoms with Crippen molar-refractivity contribution in [2.45, 2.75) is 26.3 Å². The third-order valence-corrected chi connectivity index (χ3v) is 3.56. The van der Waals surface area contributed by atoms with Crippen molar-refractivity contribution in [1.29, 1.82) is 0 Å². The fourth-order valence-electron chi connectivity index (χ4n) is 2.47. The van der Waals surface area contributed by atoms with Crippen LogP contribution >= 0.6 is 0 Å². The van der Waals surface area contributed by atoms with Crippen LogP contribution in [0.15, 0.2) is 24.3 Å². The number of rotatable bonds is 6. The highest BCUT2D eigenvalue weighted by Gasteiger charge is 2.22. The Balaban J connectivity index is 2.23. The first-order valence-electron chi connectivity index (χ1n) is 7.43. The van der Waals surface area contributed by atoms with E-state index in [1.54, 1.807) is 13.2 Å². The summed E-state index contributed by atoms with van der Waals surface area (Å²) < 4.78 is 5.28. The van der Waals surface area contributed by atoms with Crippen LogP contribution in [0.25, 0.3) is 10.9 Å². The first-order chi connectivity index (χ1) is 11.0. The van der Waals surface area contributed by atoms with Crippen LogP contribution in [0, 0.1) is 5.92 Å². The molecule has 0 aliphatic heterocycles. The number of ether oxygens (including phenoxy) is 1. The summed E-state index contributed by atoms with van der Waals surface area (Å²) in [7, 11) is 1.58. The zero-order chi connectivity index (χ0) is 17.0. The Kier molecular flexibility index (Phi) is 5.23. The molecule has 0 aliphatic carbocycles. The van der Waals surface area contributed by atoms with E-state index in [9.17, 15) is 9.59 Å². The summed E-state index contributed by atoms with van der Waals surface area (Å²) in [6.45, 7) is 3.94. The third-order valence-electron chi connectivity index (χ3n) is 3.56. The number of aromatic nitrogens is 1. The second-order valence-electron chi connectivity index (χ2n) is 5.77. The maximum absolute atomic E-state index is 12.4. The molecule has 0 bridgehead atoms. The topological polar surface area (TPSA) is 109 Å². The normalized spacial score (nSPS) is 12.2. The lowest BCUT2D eigenvalue weighted by Crippen LogP contribution is -2.49. The second kappa shape index (κ2) is 7.15. The van der Waals surface area contributed by atoms with Gasteiger partial charge >= 0.3 is 0 Å². The second-order valence-corrected chi connectivity index (χ2v) is 5.77. The SMILES string of the molecule is COc1cccc2[nH]c(C(=O)N[C@@H](CC(C)C)C(=O)NN)cc12. The summed E-state index contributed by atoms with van der Waals surface area (Å²) in [5.41, 5.74) is 3.24. The van der Waals surface area contributed by atoms with Gasteiger partial charge < -0.3 is 15.0 Å². The van der Waals surface area contributed by atoms with Crippen LogP contribution in [-0.4, -0.2) is 29.9 Å². The lowest BCUT2D eigenvalue weighted by Gasteiger charge is -2.18. The number of hydrogen-bond acceptors (Lipinski definition) is 4. The Morgan fingerprint density at radius 3 is 2.70 bits per heavy atom. The van der Waals surface area contributed by atoms with Crippen molar-refractivity contribution in [3.63, 3.8) is 0 Å². The van der Waals surface area contributed by atoms with Crippen LogP contribution in [-0.2, 0) is 4.79 Å². The van der Waals surface area contributed by atoms with Crippen LogP contribution in [0.5, 0.6) is 5.75 Å². The van der Waals surface area contributed by atoms with Gasteiger partial charge in [0.15, 0.2) is 0 Å². The fourth-order valence-corrected chi connectivity index (χ4v) is 2.47. The molecular weight excluding hydrogens is 296 g/mol. The molecule has 2 aromatic rings. The molecule has 5 N–H and O–H groups in total. The van der Waals surface area contributed by atoms with E-state index in [4.69, 9.17) is 10.6 Å². The molecule has 0 spiro atoms. The Labute approximate surface area is 134 Å². The Morgan fingerprint density at radius 2 is 2.09 bits per heavy atom. The molecule has 0 radical (unpaired) electrons. The smallest absolute Gasteiger partial charge is 0.268 e. The van der Waals surface area contributed by atoms with Crippen molar-refractivity contribution in [3.8, 4) is 5.75 Å². The first kappa shape index (κ1) is 16.8.